The minimum atomic E-state index is 0.527. The number of alkyl halides is 1. The predicted molar refractivity (Wildman–Crippen MR) is 71.7 cm³/mol. The average molecular weight is 258 g/mol. The molecule has 0 N–H and O–H groups in total. The number of hydrogen-bond donors (Lipinski definition) is 0. The molecule has 1 aliphatic heterocycles. The van der Waals surface area contributed by atoms with Crippen molar-refractivity contribution in [2.24, 2.45) is 0 Å². The van der Waals surface area contributed by atoms with Crippen LogP contribution in [0.15, 0.2) is 18.2 Å². The fourth-order valence-corrected chi connectivity index (χ4v) is 2.81. The van der Waals surface area contributed by atoms with Crippen molar-refractivity contribution < 1.29 is 0 Å². The first kappa shape index (κ1) is 12.1. The van der Waals surface area contributed by atoms with Gasteiger partial charge in [0, 0.05) is 29.2 Å². The standard InChI is InChI=1S/C13H17Cl2N/c1-10-4-2-3-7-16(10)13-6-5-12(15)8-11(13)9-14/h5-6,8,10H,2-4,7,9H2,1H3. The van der Waals surface area contributed by atoms with E-state index in [4.69, 9.17) is 23.2 Å². The Kier molecular flexibility index (Phi) is 3.99. The van der Waals surface area contributed by atoms with Crippen LogP contribution in [-0.2, 0) is 5.88 Å². The van der Waals surface area contributed by atoms with Crippen LogP contribution in [0.5, 0.6) is 0 Å². The monoisotopic (exact) mass is 257 g/mol. The molecule has 0 aliphatic carbocycles. The number of rotatable bonds is 2. The van der Waals surface area contributed by atoms with Crippen LogP contribution >= 0.6 is 23.2 Å². The van der Waals surface area contributed by atoms with Crippen molar-refractivity contribution in [1.82, 2.24) is 0 Å². The lowest BCUT2D eigenvalue weighted by Gasteiger charge is -2.36. The molecule has 1 aliphatic rings. The summed E-state index contributed by atoms with van der Waals surface area (Å²) in [5.74, 6) is 0.527. The summed E-state index contributed by atoms with van der Waals surface area (Å²) in [6.07, 6.45) is 3.88. The molecule has 3 heteroatoms. The van der Waals surface area contributed by atoms with E-state index in [1.807, 2.05) is 12.1 Å². The zero-order valence-electron chi connectivity index (χ0n) is 9.55. The van der Waals surface area contributed by atoms with Gasteiger partial charge in [-0.3, -0.25) is 0 Å². The lowest BCUT2D eigenvalue weighted by Crippen LogP contribution is -2.37. The number of nitrogens with zero attached hydrogens (tertiary/aromatic N) is 1. The van der Waals surface area contributed by atoms with E-state index in [9.17, 15) is 0 Å². The van der Waals surface area contributed by atoms with Gasteiger partial charge in [-0.2, -0.15) is 0 Å². The third-order valence-corrected chi connectivity index (χ3v) is 3.82. The first-order valence-electron chi connectivity index (χ1n) is 5.83. The second-order valence-corrected chi connectivity index (χ2v) is 5.15. The minimum absolute atomic E-state index is 0.527. The van der Waals surface area contributed by atoms with Crippen molar-refractivity contribution in [3.8, 4) is 0 Å². The maximum Gasteiger partial charge on any atom is 0.0495 e. The molecular weight excluding hydrogens is 241 g/mol. The number of piperidine rings is 1. The van der Waals surface area contributed by atoms with E-state index in [1.165, 1.54) is 24.9 Å². The van der Waals surface area contributed by atoms with Gasteiger partial charge in [-0.25, -0.2) is 0 Å². The van der Waals surface area contributed by atoms with Gasteiger partial charge in [0.25, 0.3) is 0 Å². The first-order valence-corrected chi connectivity index (χ1v) is 6.74. The van der Waals surface area contributed by atoms with Gasteiger partial charge < -0.3 is 4.90 Å². The highest BCUT2D eigenvalue weighted by Gasteiger charge is 2.20. The van der Waals surface area contributed by atoms with Gasteiger partial charge in [0.15, 0.2) is 0 Å². The number of benzene rings is 1. The van der Waals surface area contributed by atoms with Crippen molar-refractivity contribution in [3.63, 3.8) is 0 Å². The van der Waals surface area contributed by atoms with Crippen LogP contribution in [-0.4, -0.2) is 12.6 Å². The van der Waals surface area contributed by atoms with Crippen molar-refractivity contribution in [1.29, 1.82) is 0 Å². The van der Waals surface area contributed by atoms with Crippen LogP contribution in [0.2, 0.25) is 5.02 Å². The third-order valence-electron chi connectivity index (χ3n) is 3.30. The highest BCUT2D eigenvalue weighted by molar-refractivity contribution is 6.30. The van der Waals surface area contributed by atoms with Crippen LogP contribution in [0, 0.1) is 0 Å². The topological polar surface area (TPSA) is 3.24 Å². The number of hydrogen-bond acceptors (Lipinski definition) is 1. The van der Waals surface area contributed by atoms with Gasteiger partial charge in [-0.05, 0) is 49.9 Å². The molecule has 0 saturated carbocycles. The van der Waals surface area contributed by atoms with Gasteiger partial charge in [-0.1, -0.05) is 11.6 Å². The summed E-state index contributed by atoms with van der Waals surface area (Å²) < 4.78 is 0. The van der Waals surface area contributed by atoms with Crippen LogP contribution in [0.1, 0.15) is 31.7 Å². The van der Waals surface area contributed by atoms with E-state index in [-0.39, 0.29) is 0 Å². The summed E-state index contributed by atoms with van der Waals surface area (Å²) in [6, 6.07) is 6.64. The molecule has 0 bridgehead atoms. The van der Waals surface area contributed by atoms with Gasteiger partial charge in [0.2, 0.25) is 0 Å². The average Bonchev–Trinajstić information content (AvgIpc) is 2.30. The van der Waals surface area contributed by atoms with Crippen molar-refractivity contribution in [3.05, 3.63) is 28.8 Å². The second-order valence-electron chi connectivity index (χ2n) is 4.44. The molecule has 0 aromatic heterocycles. The summed E-state index contributed by atoms with van der Waals surface area (Å²) in [5, 5.41) is 0.768. The van der Waals surface area contributed by atoms with Gasteiger partial charge in [0.05, 0.1) is 0 Å². The van der Waals surface area contributed by atoms with E-state index in [2.05, 4.69) is 17.9 Å². The summed E-state index contributed by atoms with van der Waals surface area (Å²) in [7, 11) is 0. The highest BCUT2D eigenvalue weighted by Crippen LogP contribution is 2.30. The minimum Gasteiger partial charge on any atom is -0.369 e. The Bertz CT molecular complexity index is 365. The van der Waals surface area contributed by atoms with Crippen LogP contribution in [0.25, 0.3) is 0 Å². The fourth-order valence-electron chi connectivity index (χ4n) is 2.40. The highest BCUT2D eigenvalue weighted by atomic mass is 35.5. The van der Waals surface area contributed by atoms with E-state index >= 15 is 0 Å². The van der Waals surface area contributed by atoms with Gasteiger partial charge in [-0.15, -0.1) is 11.6 Å². The number of halogens is 2. The Morgan fingerprint density at radius 3 is 2.88 bits per heavy atom. The molecule has 2 rings (SSSR count). The molecule has 88 valence electrons. The SMILES string of the molecule is CC1CCCCN1c1ccc(Cl)cc1CCl. The van der Waals surface area contributed by atoms with Crippen molar-refractivity contribution in [2.45, 2.75) is 38.1 Å². The second kappa shape index (κ2) is 5.29. The maximum absolute atomic E-state index is 5.99. The smallest absolute Gasteiger partial charge is 0.0495 e. The molecule has 1 aromatic rings. The maximum atomic E-state index is 5.99. The van der Waals surface area contributed by atoms with Gasteiger partial charge >= 0.3 is 0 Å². The lowest BCUT2D eigenvalue weighted by molar-refractivity contribution is 0.484. The fraction of sp³-hybridized carbons (Fsp3) is 0.538. The number of anilines is 1. The van der Waals surface area contributed by atoms with E-state index < -0.39 is 0 Å². The molecule has 0 amide bonds. The zero-order valence-corrected chi connectivity index (χ0v) is 11.1. The van der Waals surface area contributed by atoms with Crippen molar-refractivity contribution >= 4 is 28.9 Å². The van der Waals surface area contributed by atoms with Crippen molar-refractivity contribution in [2.75, 3.05) is 11.4 Å². The quantitative estimate of drug-likeness (QED) is 0.708. The Morgan fingerprint density at radius 1 is 1.38 bits per heavy atom. The first-order chi connectivity index (χ1) is 7.72. The molecular formula is C13H17Cl2N. The molecule has 1 heterocycles. The van der Waals surface area contributed by atoms with Crippen LogP contribution in [0.3, 0.4) is 0 Å². The third kappa shape index (κ3) is 2.46. The summed E-state index contributed by atoms with van der Waals surface area (Å²) in [6.45, 7) is 3.42. The van der Waals surface area contributed by atoms with E-state index in [0.29, 0.717) is 11.9 Å². The largest absolute Gasteiger partial charge is 0.369 e. The summed E-state index contributed by atoms with van der Waals surface area (Å²) in [4.78, 5) is 2.46. The van der Waals surface area contributed by atoms with E-state index in [1.54, 1.807) is 0 Å². The Labute approximate surface area is 107 Å². The lowest BCUT2D eigenvalue weighted by atomic mass is 10.0. The van der Waals surface area contributed by atoms with Crippen LogP contribution < -0.4 is 4.90 Å². The molecule has 16 heavy (non-hydrogen) atoms. The Balaban J connectivity index is 2.30. The molecule has 1 fully saturated rings. The van der Waals surface area contributed by atoms with Crippen LogP contribution in [0.4, 0.5) is 5.69 Å². The molecule has 1 nitrogen and oxygen atoms in total. The predicted octanol–water partition coefficient (Wildman–Crippen LogP) is 4.46. The summed E-state index contributed by atoms with van der Waals surface area (Å²) in [5.41, 5.74) is 2.40. The molecule has 1 unspecified atom stereocenters. The molecule has 1 saturated heterocycles. The van der Waals surface area contributed by atoms with E-state index in [0.717, 1.165) is 17.1 Å². The molecule has 0 spiro atoms. The molecule has 1 atom stereocenters. The summed E-state index contributed by atoms with van der Waals surface area (Å²) >= 11 is 12.0. The van der Waals surface area contributed by atoms with Gasteiger partial charge in [0.1, 0.15) is 0 Å². The Hall–Kier alpha value is -0.400. The Morgan fingerprint density at radius 2 is 2.19 bits per heavy atom. The molecule has 1 aromatic carbocycles. The normalized spacial score (nSPS) is 21.2. The zero-order chi connectivity index (χ0) is 11.5. The molecule has 0 radical (unpaired) electrons.